The van der Waals surface area contributed by atoms with Crippen LogP contribution in [0.15, 0.2) is 0 Å². The van der Waals surface area contributed by atoms with Crippen LogP contribution in [0.1, 0.15) is 19.8 Å². The van der Waals surface area contributed by atoms with E-state index in [0.717, 1.165) is 25.9 Å². The van der Waals surface area contributed by atoms with Gasteiger partial charge in [0.25, 0.3) is 0 Å². The van der Waals surface area contributed by atoms with E-state index in [1.165, 1.54) is 4.90 Å². The first-order valence-corrected chi connectivity index (χ1v) is 6.51. The molecule has 1 fully saturated rings. The van der Waals surface area contributed by atoms with Gasteiger partial charge in [0.2, 0.25) is 11.8 Å². The van der Waals surface area contributed by atoms with Crippen LogP contribution in [0.5, 0.6) is 0 Å². The zero-order valence-electron chi connectivity index (χ0n) is 11.3. The summed E-state index contributed by atoms with van der Waals surface area (Å²) in [6, 6.07) is 0.177. The van der Waals surface area contributed by atoms with Crippen molar-refractivity contribution in [3.63, 3.8) is 0 Å². The van der Waals surface area contributed by atoms with Gasteiger partial charge in [0.15, 0.2) is 0 Å². The maximum atomic E-state index is 11.9. The highest BCUT2D eigenvalue weighted by Crippen LogP contribution is 2.06. The molecule has 6 nitrogen and oxygen atoms in total. The van der Waals surface area contributed by atoms with E-state index in [-0.39, 0.29) is 24.4 Å². The van der Waals surface area contributed by atoms with E-state index in [1.54, 1.807) is 7.05 Å². The van der Waals surface area contributed by atoms with E-state index in [0.29, 0.717) is 13.1 Å². The van der Waals surface area contributed by atoms with Crippen LogP contribution in [-0.2, 0) is 9.59 Å². The molecule has 0 aromatic rings. The lowest BCUT2D eigenvalue weighted by Crippen LogP contribution is -2.43. The largest absolute Gasteiger partial charge is 0.355 e. The first kappa shape index (κ1) is 14.9. The van der Waals surface area contributed by atoms with Crippen LogP contribution < -0.4 is 11.1 Å². The molecular formula is C12H24N4O2. The molecule has 2 amide bonds. The Morgan fingerprint density at radius 3 is 2.78 bits per heavy atom. The molecule has 18 heavy (non-hydrogen) atoms. The van der Waals surface area contributed by atoms with Crippen LogP contribution in [-0.4, -0.2) is 67.4 Å². The molecule has 1 rings (SSSR count). The fourth-order valence-corrected chi connectivity index (χ4v) is 1.94. The molecule has 1 atom stereocenters. The van der Waals surface area contributed by atoms with Gasteiger partial charge in [-0.25, -0.2) is 0 Å². The van der Waals surface area contributed by atoms with Gasteiger partial charge in [-0.1, -0.05) is 6.92 Å². The number of rotatable bonds is 6. The van der Waals surface area contributed by atoms with Crippen LogP contribution in [0.2, 0.25) is 0 Å². The molecule has 0 aromatic carbocycles. The topological polar surface area (TPSA) is 78.7 Å². The molecule has 0 bridgehead atoms. The van der Waals surface area contributed by atoms with Gasteiger partial charge in [0.05, 0.1) is 13.1 Å². The highest BCUT2D eigenvalue weighted by Gasteiger charge is 2.22. The van der Waals surface area contributed by atoms with Crippen LogP contribution >= 0.6 is 0 Å². The average molecular weight is 256 g/mol. The molecule has 6 heteroatoms. The Morgan fingerprint density at radius 2 is 2.22 bits per heavy atom. The van der Waals surface area contributed by atoms with Gasteiger partial charge in [-0.3, -0.25) is 14.5 Å². The van der Waals surface area contributed by atoms with Crippen molar-refractivity contribution in [3.8, 4) is 0 Å². The molecule has 3 N–H and O–H groups in total. The van der Waals surface area contributed by atoms with E-state index in [9.17, 15) is 9.59 Å². The number of carbonyl (C=O) groups is 2. The lowest BCUT2D eigenvalue weighted by molar-refractivity contribution is -0.135. The minimum absolute atomic E-state index is 0.0317. The number of likely N-dealkylation sites (N-methyl/N-ethyl adjacent to an activating group) is 1. The van der Waals surface area contributed by atoms with Crippen molar-refractivity contribution < 1.29 is 9.59 Å². The molecule has 1 aliphatic rings. The van der Waals surface area contributed by atoms with Gasteiger partial charge in [-0.2, -0.15) is 0 Å². The third kappa shape index (κ3) is 5.01. The summed E-state index contributed by atoms with van der Waals surface area (Å²) in [5, 5.41) is 2.75. The zero-order chi connectivity index (χ0) is 13.5. The van der Waals surface area contributed by atoms with E-state index < -0.39 is 0 Å². The molecule has 0 radical (unpaired) electrons. The normalized spacial score (nSPS) is 19.8. The lowest BCUT2D eigenvalue weighted by atomic mass is 10.3. The number of hydrogen-bond acceptors (Lipinski definition) is 4. The van der Waals surface area contributed by atoms with Crippen molar-refractivity contribution in [1.82, 2.24) is 15.1 Å². The van der Waals surface area contributed by atoms with Crippen LogP contribution in [0.4, 0.5) is 0 Å². The van der Waals surface area contributed by atoms with Crippen molar-refractivity contribution >= 4 is 11.8 Å². The first-order valence-electron chi connectivity index (χ1n) is 6.51. The molecule has 1 heterocycles. The van der Waals surface area contributed by atoms with Crippen LogP contribution in [0.25, 0.3) is 0 Å². The van der Waals surface area contributed by atoms with Gasteiger partial charge >= 0.3 is 0 Å². The summed E-state index contributed by atoms with van der Waals surface area (Å²) < 4.78 is 0. The van der Waals surface area contributed by atoms with Crippen LogP contribution in [0.3, 0.4) is 0 Å². The van der Waals surface area contributed by atoms with Crippen molar-refractivity contribution in [2.24, 2.45) is 5.73 Å². The molecule has 0 saturated carbocycles. The molecular weight excluding hydrogens is 232 g/mol. The Bertz CT molecular complexity index is 296. The molecule has 1 unspecified atom stereocenters. The monoisotopic (exact) mass is 256 g/mol. The number of nitrogens with one attached hydrogen (secondary N) is 1. The highest BCUT2D eigenvalue weighted by molar-refractivity contribution is 5.85. The standard InChI is InChI=1S/C12H24N4O2/c1-3-5-14-11(17)8-15(2)12(18)9-16-6-4-10(13)7-16/h10H,3-9,13H2,1-2H3,(H,14,17). The Balaban J connectivity index is 2.26. The van der Waals surface area contributed by atoms with E-state index in [4.69, 9.17) is 5.73 Å². The van der Waals surface area contributed by atoms with E-state index >= 15 is 0 Å². The summed E-state index contributed by atoms with van der Waals surface area (Å²) in [6.07, 6.45) is 1.84. The minimum atomic E-state index is -0.106. The van der Waals surface area contributed by atoms with Gasteiger partial charge in [0, 0.05) is 32.7 Å². The van der Waals surface area contributed by atoms with Crippen LogP contribution in [0, 0.1) is 0 Å². The lowest BCUT2D eigenvalue weighted by Gasteiger charge is -2.21. The maximum absolute atomic E-state index is 11.9. The molecule has 0 aromatic heterocycles. The number of nitrogens with two attached hydrogens (primary N) is 1. The summed E-state index contributed by atoms with van der Waals surface area (Å²) in [5.74, 6) is -0.137. The summed E-state index contributed by atoms with van der Waals surface area (Å²) in [4.78, 5) is 26.8. The smallest absolute Gasteiger partial charge is 0.239 e. The SMILES string of the molecule is CCCNC(=O)CN(C)C(=O)CN1CCC(N)C1. The Kier molecular flexibility index (Phi) is 6.07. The predicted octanol–water partition coefficient (Wildman–Crippen LogP) is -0.996. The Hall–Kier alpha value is -1.14. The Labute approximate surface area is 108 Å². The minimum Gasteiger partial charge on any atom is -0.355 e. The van der Waals surface area contributed by atoms with Gasteiger partial charge < -0.3 is 16.0 Å². The number of hydrogen-bond donors (Lipinski definition) is 2. The number of amides is 2. The van der Waals surface area contributed by atoms with Crippen molar-refractivity contribution in [2.45, 2.75) is 25.8 Å². The second kappa shape index (κ2) is 7.33. The summed E-state index contributed by atoms with van der Waals surface area (Å²) in [6.45, 7) is 4.75. The predicted molar refractivity (Wildman–Crippen MR) is 70.0 cm³/mol. The molecule has 1 aliphatic heterocycles. The van der Waals surface area contributed by atoms with Gasteiger partial charge in [0.1, 0.15) is 0 Å². The third-order valence-electron chi connectivity index (χ3n) is 3.05. The molecule has 104 valence electrons. The summed E-state index contributed by atoms with van der Waals surface area (Å²) in [7, 11) is 1.66. The maximum Gasteiger partial charge on any atom is 0.239 e. The fourth-order valence-electron chi connectivity index (χ4n) is 1.94. The van der Waals surface area contributed by atoms with Gasteiger partial charge in [-0.05, 0) is 12.8 Å². The third-order valence-corrected chi connectivity index (χ3v) is 3.05. The second-order valence-electron chi connectivity index (χ2n) is 4.88. The number of nitrogens with zero attached hydrogens (tertiary/aromatic N) is 2. The van der Waals surface area contributed by atoms with Crippen molar-refractivity contribution in [1.29, 1.82) is 0 Å². The fraction of sp³-hybridized carbons (Fsp3) is 0.833. The summed E-state index contributed by atoms with van der Waals surface area (Å²) in [5.41, 5.74) is 5.78. The number of likely N-dealkylation sites (tertiary alicyclic amines) is 1. The van der Waals surface area contributed by atoms with Gasteiger partial charge in [-0.15, -0.1) is 0 Å². The Morgan fingerprint density at radius 1 is 1.50 bits per heavy atom. The highest BCUT2D eigenvalue weighted by atomic mass is 16.2. The molecule has 0 spiro atoms. The van der Waals surface area contributed by atoms with E-state index in [1.807, 2.05) is 11.8 Å². The average Bonchev–Trinajstić information content (AvgIpc) is 2.72. The van der Waals surface area contributed by atoms with Crippen molar-refractivity contribution in [2.75, 3.05) is 39.8 Å². The second-order valence-corrected chi connectivity index (χ2v) is 4.88. The van der Waals surface area contributed by atoms with E-state index in [2.05, 4.69) is 5.32 Å². The first-order chi connectivity index (χ1) is 8.52. The van der Waals surface area contributed by atoms with Crippen molar-refractivity contribution in [3.05, 3.63) is 0 Å². The summed E-state index contributed by atoms with van der Waals surface area (Å²) >= 11 is 0. The molecule has 0 aliphatic carbocycles. The molecule has 1 saturated heterocycles. The number of carbonyl (C=O) groups excluding carboxylic acids is 2. The quantitative estimate of drug-likeness (QED) is 0.639. The zero-order valence-corrected chi connectivity index (χ0v) is 11.3.